The fraction of sp³-hybridized carbons (Fsp3) is 0.588. The average Bonchev–Trinajstić information content (AvgIpc) is 2.97. The molecule has 0 spiro atoms. The fourth-order valence-electron chi connectivity index (χ4n) is 2.92. The van der Waals surface area contributed by atoms with Gasteiger partial charge >= 0.3 is 13.2 Å². The molecule has 0 saturated heterocycles. The Labute approximate surface area is 142 Å². The van der Waals surface area contributed by atoms with Crippen LogP contribution in [0.4, 0.5) is 9.18 Å². The van der Waals surface area contributed by atoms with E-state index in [0.29, 0.717) is 5.56 Å². The van der Waals surface area contributed by atoms with Gasteiger partial charge in [0.2, 0.25) is 0 Å². The molecule has 0 heterocycles. The lowest BCUT2D eigenvalue weighted by Gasteiger charge is -2.31. The van der Waals surface area contributed by atoms with Crippen molar-refractivity contribution in [1.29, 1.82) is 0 Å². The summed E-state index contributed by atoms with van der Waals surface area (Å²) in [4.78, 5) is 14.1. The summed E-state index contributed by atoms with van der Waals surface area (Å²) in [6, 6.07) is 4.06. The van der Waals surface area contributed by atoms with E-state index in [1.54, 1.807) is 25.7 Å². The molecule has 1 aliphatic carbocycles. The van der Waals surface area contributed by atoms with E-state index in [9.17, 15) is 9.18 Å². The van der Waals surface area contributed by atoms with Crippen molar-refractivity contribution in [3.8, 4) is 0 Å². The van der Waals surface area contributed by atoms with Gasteiger partial charge in [-0.25, -0.2) is 9.18 Å². The molecule has 0 unspecified atom stereocenters. The molecule has 0 atom stereocenters. The second-order valence-corrected chi connectivity index (χ2v) is 7.27. The summed E-state index contributed by atoms with van der Waals surface area (Å²) in [5, 5.41) is 18.2. The van der Waals surface area contributed by atoms with Crippen LogP contribution in [0.1, 0.15) is 52.0 Å². The normalized spacial score (nSPS) is 15.4. The van der Waals surface area contributed by atoms with Gasteiger partial charge in [0.15, 0.2) is 0 Å². The standard InChI is InChI=1S/C17H25BFNO4/c1-17(2,3)24-16(21)20(14-6-4-5-7-14)11-12-8-9-13(18(22)23)10-15(12)19/h8-10,14,22-23H,4-7,11H2,1-3H3. The molecule has 1 fully saturated rings. The Balaban J connectivity index is 2.20. The van der Waals surface area contributed by atoms with Gasteiger partial charge in [0.25, 0.3) is 0 Å². The number of nitrogens with zero attached hydrogens (tertiary/aromatic N) is 1. The van der Waals surface area contributed by atoms with Gasteiger partial charge in [-0.15, -0.1) is 0 Å². The van der Waals surface area contributed by atoms with Crippen LogP contribution in [0.3, 0.4) is 0 Å². The SMILES string of the molecule is CC(C)(C)OC(=O)N(Cc1ccc(B(O)O)cc1F)C1CCCC1. The van der Waals surface area contributed by atoms with E-state index in [4.69, 9.17) is 14.8 Å². The maximum absolute atomic E-state index is 14.3. The van der Waals surface area contributed by atoms with Crippen molar-refractivity contribution >= 4 is 18.7 Å². The monoisotopic (exact) mass is 337 g/mol. The summed E-state index contributed by atoms with van der Waals surface area (Å²) in [5.41, 5.74) is -0.199. The van der Waals surface area contributed by atoms with Gasteiger partial charge in [-0.2, -0.15) is 0 Å². The first-order chi connectivity index (χ1) is 11.2. The molecule has 132 valence electrons. The number of hydrogen-bond donors (Lipinski definition) is 2. The van der Waals surface area contributed by atoms with Crippen molar-refractivity contribution in [1.82, 2.24) is 4.90 Å². The van der Waals surface area contributed by atoms with Gasteiger partial charge in [0, 0.05) is 11.6 Å². The lowest BCUT2D eigenvalue weighted by Crippen LogP contribution is -2.42. The van der Waals surface area contributed by atoms with Crippen molar-refractivity contribution in [3.05, 3.63) is 29.6 Å². The average molecular weight is 337 g/mol. The molecule has 0 bridgehead atoms. The van der Waals surface area contributed by atoms with Crippen LogP contribution in [-0.2, 0) is 11.3 Å². The molecular formula is C17H25BFNO4. The molecule has 1 saturated carbocycles. The van der Waals surface area contributed by atoms with Crippen molar-refractivity contribution in [2.75, 3.05) is 0 Å². The summed E-state index contributed by atoms with van der Waals surface area (Å²) in [7, 11) is -1.72. The van der Waals surface area contributed by atoms with Gasteiger partial charge in [0.1, 0.15) is 11.4 Å². The number of carbonyl (C=O) groups is 1. The van der Waals surface area contributed by atoms with Gasteiger partial charge in [-0.1, -0.05) is 25.0 Å². The lowest BCUT2D eigenvalue weighted by molar-refractivity contribution is 0.0143. The zero-order valence-electron chi connectivity index (χ0n) is 14.5. The Morgan fingerprint density at radius 3 is 2.46 bits per heavy atom. The summed E-state index contributed by atoms with van der Waals surface area (Å²) in [6.45, 7) is 5.51. The third kappa shape index (κ3) is 4.95. The molecule has 24 heavy (non-hydrogen) atoms. The molecular weight excluding hydrogens is 312 g/mol. The Bertz CT molecular complexity index is 582. The van der Waals surface area contributed by atoms with Crippen LogP contribution >= 0.6 is 0 Å². The lowest BCUT2D eigenvalue weighted by atomic mass is 9.80. The highest BCUT2D eigenvalue weighted by Gasteiger charge is 2.31. The van der Waals surface area contributed by atoms with Gasteiger partial charge < -0.3 is 19.7 Å². The van der Waals surface area contributed by atoms with Crippen molar-refractivity contribution < 1.29 is 24.0 Å². The van der Waals surface area contributed by atoms with E-state index >= 15 is 0 Å². The van der Waals surface area contributed by atoms with E-state index in [-0.39, 0.29) is 18.0 Å². The predicted molar refractivity (Wildman–Crippen MR) is 90.3 cm³/mol. The first-order valence-electron chi connectivity index (χ1n) is 8.31. The molecule has 0 radical (unpaired) electrons. The second kappa shape index (κ2) is 7.53. The highest BCUT2D eigenvalue weighted by atomic mass is 19.1. The Morgan fingerprint density at radius 2 is 1.96 bits per heavy atom. The number of amides is 1. The van der Waals surface area contributed by atoms with Gasteiger partial charge in [0.05, 0.1) is 6.54 Å². The minimum Gasteiger partial charge on any atom is -0.444 e. The van der Waals surface area contributed by atoms with E-state index in [1.807, 2.05) is 0 Å². The minimum atomic E-state index is -1.72. The zero-order chi connectivity index (χ0) is 17.9. The van der Waals surface area contributed by atoms with Crippen molar-refractivity contribution in [2.24, 2.45) is 0 Å². The summed E-state index contributed by atoms with van der Waals surface area (Å²) >= 11 is 0. The van der Waals surface area contributed by atoms with Crippen LogP contribution in [0.5, 0.6) is 0 Å². The van der Waals surface area contributed by atoms with Crippen molar-refractivity contribution in [3.63, 3.8) is 0 Å². The van der Waals surface area contributed by atoms with Crippen LogP contribution < -0.4 is 5.46 Å². The van der Waals surface area contributed by atoms with E-state index < -0.39 is 24.6 Å². The largest absolute Gasteiger partial charge is 0.488 e. The van der Waals surface area contributed by atoms with Gasteiger partial charge in [-0.3, -0.25) is 0 Å². The number of carbonyl (C=O) groups excluding carboxylic acids is 1. The summed E-state index contributed by atoms with van der Waals surface area (Å²) < 4.78 is 19.7. The van der Waals surface area contributed by atoms with Gasteiger partial charge in [-0.05, 0) is 45.1 Å². The molecule has 2 N–H and O–H groups in total. The third-order valence-corrected chi connectivity index (χ3v) is 4.11. The Kier molecular flexibility index (Phi) is 5.88. The topological polar surface area (TPSA) is 70.0 Å². The van der Waals surface area contributed by atoms with E-state index in [0.717, 1.165) is 31.7 Å². The van der Waals surface area contributed by atoms with E-state index in [1.165, 1.54) is 12.1 Å². The summed E-state index contributed by atoms with van der Waals surface area (Å²) in [6.07, 6.45) is 3.41. The first kappa shape index (κ1) is 18.7. The molecule has 5 nitrogen and oxygen atoms in total. The zero-order valence-corrected chi connectivity index (χ0v) is 14.5. The Hall–Kier alpha value is -1.60. The van der Waals surface area contributed by atoms with Crippen LogP contribution in [0, 0.1) is 5.82 Å². The number of benzene rings is 1. The number of hydrogen-bond acceptors (Lipinski definition) is 4. The third-order valence-electron chi connectivity index (χ3n) is 4.11. The quantitative estimate of drug-likeness (QED) is 0.827. The molecule has 1 aromatic carbocycles. The van der Waals surface area contributed by atoms with Crippen LogP contribution in [-0.4, -0.2) is 39.8 Å². The van der Waals surface area contributed by atoms with Crippen LogP contribution in [0.2, 0.25) is 0 Å². The number of rotatable bonds is 4. The molecule has 1 aliphatic rings. The molecule has 0 aliphatic heterocycles. The fourth-order valence-corrected chi connectivity index (χ4v) is 2.92. The summed E-state index contributed by atoms with van der Waals surface area (Å²) in [5.74, 6) is -0.563. The molecule has 7 heteroatoms. The highest BCUT2D eigenvalue weighted by Crippen LogP contribution is 2.27. The molecule has 1 amide bonds. The highest BCUT2D eigenvalue weighted by molar-refractivity contribution is 6.58. The molecule has 2 rings (SSSR count). The first-order valence-corrected chi connectivity index (χ1v) is 8.31. The van der Waals surface area contributed by atoms with Crippen LogP contribution in [0.25, 0.3) is 0 Å². The Morgan fingerprint density at radius 1 is 1.33 bits per heavy atom. The second-order valence-electron chi connectivity index (χ2n) is 7.27. The van der Waals surface area contributed by atoms with E-state index in [2.05, 4.69) is 0 Å². The van der Waals surface area contributed by atoms with Crippen molar-refractivity contribution in [2.45, 2.75) is 64.6 Å². The smallest absolute Gasteiger partial charge is 0.444 e. The maximum atomic E-state index is 14.3. The minimum absolute atomic E-state index is 0.0439. The molecule has 1 aromatic rings. The predicted octanol–water partition coefficient (Wildman–Crippen LogP) is 2.19. The van der Waals surface area contributed by atoms with Crippen LogP contribution in [0.15, 0.2) is 18.2 Å². The maximum Gasteiger partial charge on any atom is 0.488 e. The number of halogens is 1. The number of ether oxygens (including phenoxy) is 1. The molecule has 0 aromatic heterocycles.